The summed E-state index contributed by atoms with van der Waals surface area (Å²) in [5, 5.41) is 2.60. The van der Waals surface area contributed by atoms with E-state index in [9.17, 15) is 14.0 Å². The van der Waals surface area contributed by atoms with Gasteiger partial charge in [-0.3, -0.25) is 9.59 Å². The van der Waals surface area contributed by atoms with Crippen molar-refractivity contribution in [1.82, 2.24) is 0 Å². The van der Waals surface area contributed by atoms with E-state index in [1.54, 1.807) is 23.1 Å². The molecular formula is C18H14ClFN2O4. The first-order valence-corrected chi connectivity index (χ1v) is 8.35. The molecule has 2 aromatic carbocycles. The number of halogens is 2. The zero-order valence-corrected chi connectivity index (χ0v) is 14.3. The van der Waals surface area contributed by atoms with E-state index in [2.05, 4.69) is 5.32 Å². The van der Waals surface area contributed by atoms with Gasteiger partial charge >= 0.3 is 0 Å². The second-order valence-electron chi connectivity index (χ2n) is 6.06. The fraction of sp³-hybridized carbons (Fsp3) is 0.222. The van der Waals surface area contributed by atoms with Crippen molar-refractivity contribution >= 4 is 34.8 Å². The molecular weight excluding hydrogens is 363 g/mol. The van der Waals surface area contributed by atoms with Crippen molar-refractivity contribution in [3.8, 4) is 11.5 Å². The Balaban J connectivity index is 1.47. The van der Waals surface area contributed by atoms with Gasteiger partial charge in [-0.15, -0.1) is 0 Å². The molecule has 8 heteroatoms. The average molecular weight is 377 g/mol. The normalized spacial score (nSPS) is 18.3. The minimum atomic E-state index is -0.560. The molecule has 0 spiro atoms. The molecule has 4 rings (SSSR count). The number of carbonyl (C=O) groups is 2. The van der Waals surface area contributed by atoms with E-state index in [4.69, 9.17) is 21.1 Å². The number of anilines is 2. The number of nitrogens with zero attached hydrogens (tertiary/aromatic N) is 1. The molecule has 2 heterocycles. The molecule has 1 fully saturated rings. The van der Waals surface area contributed by atoms with Crippen LogP contribution in [0.3, 0.4) is 0 Å². The second kappa shape index (κ2) is 6.49. The number of rotatable bonds is 3. The Morgan fingerprint density at radius 2 is 2.00 bits per heavy atom. The lowest BCUT2D eigenvalue weighted by Gasteiger charge is -2.17. The predicted octanol–water partition coefficient (Wildman–Crippen LogP) is 3.20. The van der Waals surface area contributed by atoms with Crippen LogP contribution in [0.2, 0.25) is 5.02 Å². The molecule has 6 nitrogen and oxygen atoms in total. The van der Waals surface area contributed by atoms with Crippen LogP contribution in [0.5, 0.6) is 11.5 Å². The fourth-order valence-corrected chi connectivity index (χ4v) is 3.18. The van der Waals surface area contributed by atoms with Crippen molar-refractivity contribution in [2.45, 2.75) is 6.42 Å². The summed E-state index contributed by atoms with van der Waals surface area (Å²) in [6, 6.07) is 9.15. The number of carbonyl (C=O) groups excluding carboxylic acids is 2. The van der Waals surface area contributed by atoms with Crippen LogP contribution in [0, 0.1) is 11.7 Å². The third kappa shape index (κ3) is 3.06. The molecule has 0 saturated carbocycles. The molecule has 2 amide bonds. The number of hydrogen-bond donors (Lipinski definition) is 1. The van der Waals surface area contributed by atoms with Crippen LogP contribution < -0.4 is 19.7 Å². The molecule has 1 N–H and O–H groups in total. The van der Waals surface area contributed by atoms with Gasteiger partial charge in [-0.1, -0.05) is 11.6 Å². The lowest BCUT2D eigenvalue weighted by atomic mass is 10.1. The quantitative estimate of drug-likeness (QED) is 0.893. The fourth-order valence-electron chi connectivity index (χ4n) is 3.00. The van der Waals surface area contributed by atoms with E-state index in [0.29, 0.717) is 22.9 Å². The molecule has 2 aromatic rings. The van der Waals surface area contributed by atoms with E-state index in [-0.39, 0.29) is 36.6 Å². The molecule has 2 aliphatic rings. The molecule has 2 aliphatic heterocycles. The maximum atomic E-state index is 13.2. The standard InChI is InChI=1S/C18H14ClFN2O4/c19-13-6-11(1-3-14(13)20)21-18(24)10-5-17(23)22(8-10)12-2-4-15-16(7-12)26-9-25-15/h1-4,6-7,10H,5,8-9H2,(H,21,24). The maximum absolute atomic E-state index is 13.2. The first-order valence-electron chi connectivity index (χ1n) is 7.97. The molecule has 0 aromatic heterocycles. The van der Waals surface area contributed by atoms with E-state index >= 15 is 0 Å². The van der Waals surface area contributed by atoms with Gasteiger partial charge in [0.25, 0.3) is 0 Å². The summed E-state index contributed by atoms with van der Waals surface area (Å²) < 4.78 is 23.8. The molecule has 1 saturated heterocycles. The molecule has 1 atom stereocenters. The van der Waals surface area contributed by atoms with E-state index < -0.39 is 11.7 Å². The number of hydrogen-bond acceptors (Lipinski definition) is 4. The molecule has 0 bridgehead atoms. The highest BCUT2D eigenvalue weighted by Crippen LogP contribution is 2.37. The Hall–Kier alpha value is -2.80. The Morgan fingerprint density at radius 3 is 2.81 bits per heavy atom. The van der Waals surface area contributed by atoms with Gasteiger partial charge in [-0.25, -0.2) is 4.39 Å². The average Bonchev–Trinajstić information content (AvgIpc) is 3.23. The molecule has 0 radical (unpaired) electrons. The monoisotopic (exact) mass is 376 g/mol. The van der Waals surface area contributed by atoms with Gasteiger partial charge in [-0.2, -0.15) is 0 Å². The van der Waals surface area contributed by atoms with Gasteiger partial charge < -0.3 is 19.7 Å². The number of fused-ring (bicyclic) bond motifs is 1. The molecule has 1 unspecified atom stereocenters. The lowest BCUT2D eigenvalue weighted by molar-refractivity contribution is -0.122. The van der Waals surface area contributed by atoms with Gasteiger partial charge in [0.05, 0.1) is 10.9 Å². The highest BCUT2D eigenvalue weighted by Gasteiger charge is 2.35. The van der Waals surface area contributed by atoms with Gasteiger partial charge in [0.2, 0.25) is 18.6 Å². The Labute approximate surface area is 153 Å². The molecule has 26 heavy (non-hydrogen) atoms. The zero-order valence-electron chi connectivity index (χ0n) is 13.5. The summed E-state index contributed by atoms with van der Waals surface area (Å²) in [6.45, 7) is 0.400. The van der Waals surface area contributed by atoms with Gasteiger partial charge in [0.1, 0.15) is 5.82 Å². The van der Waals surface area contributed by atoms with Gasteiger partial charge in [0, 0.05) is 30.4 Å². The summed E-state index contributed by atoms with van der Waals surface area (Å²) in [6.07, 6.45) is 0.0925. The van der Waals surface area contributed by atoms with Crippen LogP contribution >= 0.6 is 11.6 Å². The predicted molar refractivity (Wildman–Crippen MR) is 93.1 cm³/mol. The van der Waals surface area contributed by atoms with Crippen LogP contribution in [0.4, 0.5) is 15.8 Å². The van der Waals surface area contributed by atoms with Crippen LogP contribution in [-0.4, -0.2) is 25.2 Å². The van der Waals surface area contributed by atoms with Crippen molar-refractivity contribution in [1.29, 1.82) is 0 Å². The highest BCUT2D eigenvalue weighted by atomic mass is 35.5. The first-order chi connectivity index (χ1) is 12.5. The van der Waals surface area contributed by atoms with Crippen LogP contribution in [-0.2, 0) is 9.59 Å². The largest absolute Gasteiger partial charge is 0.454 e. The Bertz CT molecular complexity index is 905. The van der Waals surface area contributed by atoms with Gasteiger partial charge in [-0.05, 0) is 30.3 Å². The summed E-state index contributed by atoms with van der Waals surface area (Å²) in [4.78, 5) is 26.3. The van der Waals surface area contributed by atoms with Crippen molar-refractivity contribution in [2.24, 2.45) is 5.92 Å². The number of benzene rings is 2. The summed E-state index contributed by atoms with van der Waals surface area (Å²) in [7, 11) is 0. The summed E-state index contributed by atoms with van der Waals surface area (Å²) in [5.41, 5.74) is 1.04. The van der Waals surface area contributed by atoms with Crippen molar-refractivity contribution in [3.05, 3.63) is 47.2 Å². The lowest BCUT2D eigenvalue weighted by Crippen LogP contribution is -2.28. The molecule has 134 valence electrons. The number of nitrogens with one attached hydrogen (secondary N) is 1. The summed E-state index contributed by atoms with van der Waals surface area (Å²) in [5.74, 6) is -0.344. The minimum Gasteiger partial charge on any atom is -0.454 e. The number of amides is 2. The van der Waals surface area contributed by atoms with E-state index in [1.807, 2.05) is 0 Å². The number of ether oxygens (including phenoxy) is 2. The highest BCUT2D eigenvalue weighted by molar-refractivity contribution is 6.31. The topological polar surface area (TPSA) is 67.9 Å². The smallest absolute Gasteiger partial charge is 0.231 e. The van der Waals surface area contributed by atoms with Gasteiger partial charge in [0.15, 0.2) is 11.5 Å². The van der Waals surface area contributed by atoms with E-state index in [0.717, 1.165) is 0 Å². The third-order valence-electron chi connectivity index (χ3n) is 4.35. The Kier molecular flexibility index (Phi) is 4.16. The third-order valence-corrected chi connectivity index (χ3v) is 4.64. The molecule has 0 aliphatic carbocycles. The zero-order chi connectivity index (χ0) is 18.3. The van der Waals surface area contributed by atoms with Crippen molar-refractivity contribution in [3.63, 3.8) is 0 Å². The maximum Gasteiger partial charge on any atom is 0.231 e. The second-order valence-corrected chi connectivity index (χ2v) is 6.47. The van der Waals surface area contributed by atoms with Crippen LogP contribution in [0.15, 0.2) is 36.4 Å². The Morgan fingerprint density at radius 1 is 1.19 bits per heavy atom. The van der Waals surface area contributed by atoms with Crippen molar-refractivity contribution < 1.29 is 23.5 Å². The summed E-state index contributed by atoms with van der Waals surface area (Å²) >= 11 is 5.72. The van der Waals surface area contributed by atoms with Crippen LogP contribution in [0.25, 0.3) is 0 Å². The SMILES string of the molecule is O=C(Nc1ccc(F)c(Cl)c1)C1CC(=O)N(c2ccc3c(c2)OCO3)C1. The minimum absolute atomic E-state index is 0.0766. The van der Waals surface area contributed by atoms with Crippen LogP contribution in [0.1, 0.15) is 6.42 Å². The first kappa shape index (κ1) is 16.7. The van der Waals surface area contributed by atoms with Crippen molar-refractivity contribution in [2.75, 3.05) is 23.6 Å². The van der Waals surface area contributed by atoms with E-state index in [1.165, 1.54) is 18.2 Å².